The topological polar surface area (TPSA) is 24.5 Å². The van der Waals surface area contributed by atoms with E-state index in [-0.39, 0.29) is 0 Å². The molecule has 90 valence electrons. The second-order valence-electron chi connectivity index (χ2n) is 4.57. The van der Waals surface area contributed by atoms with E-state index < -0.39 is 0 Å². The van der Waals surface area contributed by atoms with E-state index >= 15 is 0 Å². The van der Waals surface area contributed by atoms with E-state index in [1.54, 1.807) is 7.11 Å². The van der Waals surface area contributed by atoms with Crippen LogP contribution in [0.3, 0.4) is 0 Å². The molecule has 0 aliphatic carbocycles. The van der Waals surface area contributed by atoms with Gasteiger partial charge in [0.1, 0.15) is 0 Å². The van der Waals surface area contributed by atoms with E-state index in [2.05, 4.69) is 24.1 Å². The highest BCUT2D eigenvalue weighted by atomic mass is 16.5. The summed E-state index contributed by atoms with van der Waals surface area (Å²) < 4.78 is 5.19. The molecular formula is C12H26N2O. The Morgan fingerprint density at radius 3 is 2.60 bits per heavy atom. The predicted molar refractivity (Wildman–Crippen MR) is 64.2 cm³/mol. The standard InChI is InChI=1S/C12H26N2O/c1-4-7-13-12-5-8-14(9-6-12)11(2)10-15-3/h11-13H,4-10H2,1-3H3. The highest BCUT2D eigenvalue weighted by Gasteiger charge is 2.21. The van der Waals surface area contributed by atoms with Crippen molar-refractivity contribution < 1.29 is 4.74 Å². The molecular weight excluding hydrogens is 188 g/mol. The average Bonchev–Trinajstić information content (AvgIpc) is 2.27. The van der Waals surface area contributed by atoms with E-state index in [1.807, 2.05) is 0 Å². The molecule has 1 unspecified atom stereocenters. The van der Waals surface area contributed by atoms with Gasteiger partial charge in [-0.15, -0.1) is 0 Å². The number of nitrogens with one attached hydrogen (secondary N) is 1. The molecule has 0 radical (unpaired) electrons. The molecule has 1 rings (SSSR count). The maximum atomic E-state index is 5.19. The van der Waals surface area contributed by atoms with Crippen molar-refractivity contribution in [3.8, 4) is 0 Å². The molecule has 0 amide bonds. The summed E-state index contributed by atoms with van der Waals surface area (Å²) in [4.78, 5) is 2.54. The second-order valence-corrected chi connectivity index (χ2v) is 4.57. The van der Waals surface area contributed by atoms with Crippen LogP contribution in [0.4, 0.5) is 0 Å². The third-order valence-electron chi connectivity index (χ3n) is 3.24. The molecule has 3 nitrogen and oxygen atoms in total. The zero-order valence-electron chi connectivity index (χ0n) is 10.5. The fourth-order valence-corrected chi connectivity index (χ4v) is 2.24. The van der Waals surface area contributed by atoms with Gasteiger partial charge in [-0.2, -0.15) is 0 Å². The summed E-state index contributed by atoms with van der Waals surface area (Å²) in [6.07, 6.45) is 3.81. The normalized spacial score (nSPS) is 21.8. The lowest BCUT2D eigenvalue weighted by Gasteiger charge is -2.36. The van der Waals surface area contributed by atoms with Gasteiger partial charge in [-0.25, -0.2) is 0 Å². The van der Waals surface area contributed by atoms with Crippen LogP contribution in [-0.2, 0) is 4.74 Å². The van der Waals surface area contributed by atoms with Crippen molar-refractivity contribution in [3.05, 3.63) is 0 Å². The Hall–Kier alpha value is -0.120. The van der Waals surface area contributed by atoms with Crippen LogP contribution in [0.25, 0.3) is 0 Å². The third kappa shape index (κ3) is 4.49. The first-order valence-corrected chi connectivity index (χ1v) is 6.24. The summed E-state index contributed by atoms with van der Waals surface area (Å²) in [7, 11) is 1.78. The maximum Gasteiger partial charge on any atom is 0.0615 e. The van der Waals surface area contributed by atoms with Crippen LogP contribution in [0.1, 0.15) is 33.1 Å². The smallest absolute Gasteiger partial charge is 0.0615 e. The summed E-state index contributed by atoms with van der Waals surface area (Å²) >= 11 is 0. The van der Waals surface area contributed by atoms with Crippen LogP contribution in [-0.4, -0.2) is 50.3 Å². The highest BCUT2D eigenvalue weighted by molar-refractivity contribution is 4.79. The fourth-order valence-electron chi connectivity index (χ4n) is 2.24. The Labute approximate surface area is 94.2 Å². The quantitative estimate of drug-likeness (QED) is 0.725. The van der Waals surface area contributed by atoms with Crippen LogP contribution in [0, 0.1) is 0 Å². The van der Waals surface area contributed by atoms with Crippen molar-refractivity contribution in [3.63, 3.8) is 0 Å². The monoisotopic (exact) mass is 214 g/mol. The minimum Gasteiger partial charge on any atom is -0.383 e. The van der Waals surface area contributed by atoms with Gasteiger partial charge in [0.25, 0.3) is 0 Å². The van der Waals surface area contributed by atoms with E-state index in [9.17, 15) is 0 Å². The first kappa shape index (κ1) is 12.9. The summed E-state index contributed by atoms with van der Waals surface area (Å²) in [5, 5.41) is 3.60. The summed E-state index contributed by atoms with van der Waals surface area (Å²) in [6, 6.07) is 1.32. The Morgan fingerprint density at radius 1 is 1.40 bits per heavy atom. The Kier molecular flexibility index (Phi) is 6.22. The summed E-state index contributed by atoms with van der Waals surface area (Å²) in [6.45, 7) is 8.93. The molecule has 0 spiro atoms. The van der Waals surface area contributed by atoms with Crippen molar-refractivity contribution >= 4 is 0 Å². The number of nitrogens with zero attached hydrogens (tertiary/aromatic N) is 1. The van der Waals surface area contributed by atoms with Crippen molar-refractivity contribution in [1.82, 2.24) is 10.2 Å². The van der Waals surface area contributed by atoms with Crippen LogP contribution >= 0.6 is 0 Å². The van der Waals surface area contributed by atoms with E-state index in [4.69, 9.17) is 4.74 Å². The highest BCUT2D eigenvalue weighted by Crippen LogP contribution is 2.13. The number of piperidine rings is 1. The van der Waals surface area contributed by atoms with E-state index in [0.717, 1.165) is 19.2 Å². The van der Waals surface area contributed by atoms with Crippen LogP contribution in [0.2, 0.25) is 0 Å². The SMILES string of the molecule is CCCNC1CCN(C(C)COC)CC1. The largest absolute Gasteiger partial charge is 0.383 e. The molecule has 3 heteroatoms. The minimum absolute atomic E-state index is 0.571. The molecule has 0 bridgehead atoms. The molecule has 0 aromatic heterocycles. The fraction of sp³-hybridized carbons (Fsp3) is 1.00. The molecule has 1 N–H and O–H groups in total. The first-order chi connectivity index (χ1) is 7.27. The van der Waals surface area contributed by atoms with Gasteiger partial charge < -0.3 is 10.1 Å². The summed E-state index contributed by atoms with van der Waals surface area (Å²) in [5.74, 6) is 0. The number of likely N-dealkylation sites (tertiary alicyclic amines) is 1. The number of methoxy groups -OCH3 is 1. The molecule has 1 atom stereocenters. The predicted octanol–water partition coefficient (Wildman–Crippen LogP) is 1.49. The molecule has 1 aliphatic rings. The van der Waals surface area contributed by atoms with Crippen molar-refractivity contribution in [2.45, 2.75) is 45.2 Å². The molecule has 0 saturated carbocycles. The Morgan fingerprint density at radius 2 is 2.07 bits per heavy atom. The number of hydrogen-bond donors (Lipinski definition) is 1. The van der Waals surface area contributed by atoms with Crippen molar-refractivity contribution in [1.29, 1.82) is 0 Å². The molecule has 1 heterocycles. The van der Waals surface area contributed by atoms with Gasteiger partial charge in [0.05, 0.1) is 6.61 Å². The molecule has 15 heavy (non-hydrogen) atoms. The molecule has 0 aromatic carbocycles. The van der Waals surface area contributed by atoms with Gasteiger partial charge in [0.2, 0.25) is 0 Å². The van der Waals surface area contributed by atoms with Gasteiger partial charge in [-0.05, 0) is 45.8 Å². The van der Waals surface area contributed by atoms with Crippen LogP contribution < -0.4 is 5.32 Å². The van der Waals surface area contributed by atoms with Gasteiger partial charge in [0.15, 0.2) is 0 Å². The lowest BCUT2D eigenvalue weighted by Crippen LogP contribution is -2.47. The molecule has 0 aromatic rings. The zero-order chi connectivity index (χ0) is 11.1. The van der Waals surface area contributed by atoms with E-state index in [0.29, 0.717) is 6.04 Å². The maximum absolute atomic E-state index is 5.19. The van der Waals surface area contributed by atoms with E-state index in [1.165, 1.54) is 32.4 Å². The Bertz CT molecular complexity index is 156. The Balaban J connectivity index is 2.17. The minimum atomic E-state index is 0.571. The third-order valence-corrected chi connectivity index (χ3v) is 3.24. The lowest BCUT2D eigenvalue weighted by atomic mass is 10.0. The molecule has 1 fully saturated rings. The molecule has 1 aliphatic heterocycles. The van der Waals surface area contributed by atoms with Gasteiger partial charge in [-0.1, -0.05) is 6.92 Å². The van der Waals surface area contributed by atoms with Crippen molar-refractivity contribution in [2.24, 2.45) is 0 Å². The second kappa shape index (κ2) is 7.20. The number of hydrogen-bond acceptors (Lipinski definition) is 3. The van der Waals surface area contributed by atoms with Gasteiger partial charge >= 0.3 is 0 Å². The lowest BCUT2D eigenvalue weighted by molar-refractivity contribution is 0.0789. The first-order valence-electron chi connectivity index (χ1n) is 6.24. The van der Waals surface area contributed by atoms with Crippen molar-refractivity contribution in [2.75, 3.05) is 33.4 Å². The van der Waals surface area contributed by atoms with Gasteiger partial charge in [0, 0.05) is 19.2 Å². The number of rotatable bonds is 6. The average molecular weight is 214 g/mol. The number of ether oxygens (including phenoxy) is 1. The molecule has 1 saturated heterocycles. The summed E-state index contributed by atoms with van der Waals surface area (Å²) in [5.41, 5.74) is 0. The van der Waals surface area contributed by atoms with Crippen LogP contribution in [0.5, 0.6) is 0 Å². The zero-order valence-corrected chi connectivity index (χ0v) is 10.5. The van der Waals surface area contributed by atoms with Gasteiger partial charge in [-0.3, -0.25) is 4.90 Å². The van der Waals surface area contributed by atoms with Crippen LogP contribution in [0.15, 0.2) is 0 Å².